The van der Waals surface area contributed by atoms with Crippen LogP contribution in [0.2, 0.25) is 10.0 Å². The van der Waals surface area contributed by atoms with Crippen LogP contribution in [0.3, 0.4) is 0 Å². The lowest BCUT2D eigenvalue weighted by Crippen LogP contribution is -2.26. The largest absolute Gasteiger partial charge is 0.353 e. The number of aryl methyl sites for hydroxylation is 1. The summed E-state index contributed by atoms with van der Waals surface area (Å²) < 4.78 is 0. The van der Waals surface area contributed by atoms with Crippen LogP contribution >= 0.6 is 23.2 Å². The molecule has 4 aromatic rings. The van der Waals surface area contributed by atoms with Crippen molar-refractivity contribution in [2.24, 2.45) is 0 Å². The van der Waals surface area contributed by atoms with Crippen molar-refractivity contribution in [2.75, 3.05) is 11.9 Å². The van der Waals surface area contributed by atoms with Gasteiger partial charge in [-0.15, -0.1) is 0 Å². The number of carbonyl (C=O) groups excluding carboxylic acids is 1. The number of amides is 1. The Kier molecular flexibility index (Phi) is 6.07. The maximum Gasteiger partial charge on any atom is 0.226 e. The van der Waals surface area contributed by atoms with E-state index in [1.165, 1.54) is 0 Å². The quantitative estimate of drug-likeness (QED) is 0.373. The molecule has 2 heterocycles. The van der Waals surface area contributed by atoms with E-state index in [4.69, 9.17) is 23.2 Å². The molecule has 0 atom stereocenters. The van der Waals surface area contributed by atoms with Gasteiger partial charge in [-0.1, -0.05) is 41.4 Å². The number of H-pyrrole nitrogens is 1. The molecule has 0 aliphatic heterocycles. The van der Waals surface area contributed by atoms with Crippen LogP contribution in [0, 0.1) is 0 Å². The first-order valence-electron chi connectivity index (χ1n) is 9.77. The van der Waals surface area contributed by atoms with Crippen molar-refractivity contribution in [1.82, 2.24) is 9.97 Å². The summed E-state index contributed by atoms with van der Waals surface area (Å²) in [5.41, 5.74) is 4.70. The normalized spacial score (nSPS) is 11.0. The van der Waals surface area contributed by atoms with Crippen LogP contribution in [0.4, 0.5) is 5.69 Å². The number of anilines is 1. The number of halogens is 2. The molecule has 1 N–H and O–H groups in total. The Labute approximate surface area is 185 Å². The minimum atomic E-state index is 0.0281. The molecular formula is C24H21Cl2N3O. The highest BCUT2D eigenvalue weighted by atomic mass is 35.5. The molecule has 0 saturated carbocycles. The number of para-hydroxylation sites is 1. The highest BCUT2D eigenvalue weighted by molar-refractivity contribution is 6.33. The number of hydrogen-bond donors (Lipinski definition) is 1. The van der Waals surface area contributed by atoms with Crippen LogP contribution in [-0.4, -0.2) is 22.9 Å². The molecule has 152 valence electrons. The average Bonchev–Trinajstić information content (AvgIpc) is 3.12. The molecule has 30 heavy (non-hydrogen) atoms. The number of aromatic amines is 1. The van der Waals surface area contributed by atoms with Gasteiger partial charge in [0.15, 0.2) is 0 Å². The smallest absolute Gasteiger partial charge is 0.226 e. The van der Waals surface area contributed by atoms with E-state index >= 15 is 0 Å². The van der Waals surface area contributed by atoms with E-state index in [0.717, 1.165) is 40.0 Å². The minimum absolute atomic E-state index is 0.0281. The summed E-state index contributed by atoms with van der Waals surface area (Å²) in [6.07, 6.45) is 3.62. The monoisotopic (exact) mass is 437 g/mol. The second-order valence-corrected chi connectivity index (χ2v) is 7.98. The number of nitrogens with zero attached hydrogens (tertiary/aromatic N) is 2. The van der Waals surface area contributed by atoms with Gasteiger partial charge in [0.05, 0.1) is 22.1 Å². The molecule has 4 rings (SSSR count). The summed E-state index contributed by atoms with van der Waals surface area (Å²) in [6.45, 7) is 0. The van der Waals surface area contributed by atoms with Gasteiger partial charge in [0.2, 0.25) is 5.91 Å². The first-order chi connectivity index (χ1) is 14.5. The highest BCUT2D eigenvalue weighted by Crippen LogP contribution is 2.32. The summed E-state index contributed by atoms with van der Waals surface area (Å²) in [7, 11) is 1.76. The van der Waals surface area contributed by atoms with Gasteiger partial charge >= 0.3 is 0 Å². The summed E-state index contributed by atoms with van der Waals surface area (Å²) >= 11 is 12.5. The molecule has 0 aliphatic carbocycles. The fraction of sp³-hybridized carbons (Fsp3) is 0.167. The van der Waals surface area contributed by atoms with Gasteiger partial charge in [-0.2, -0.15) is 0 Å². The zero-order valence-electron chi connectivity index (χ0n) is 16.5. The zero-order chi connectivity index (χ0) is 21.1. The molecule has 1 amide bonds. The molecule has 0 bridgehead atoms. The third-order valence-electron chi connectivity index (χ3n) is 5.19. The third-order valence-corrected chi connectivity index (χ3v) is 5.75. The summed E-state index contributed by atoms with van der Waals surface area (Å²) in [6, 6.07) is 19.0. The molecule has 0 unspecified atom stereocenters. The Hall–Kier alpha value is -2.82. The Bertz CT molecular complexity index is 1190. The maximum atomic E-state index is 12.7. The standard InChI is InChI=1S/C24H21Cl2N3O/c1-29(22-10-3-2-8-19(22)26)23(30)11-6-7-17-18-15-16(25)12-13-20(18)28-24(17)21-9-4-5-14-27-21/h2-5,8-10,12-15,28H,6-7,11H2,1H3. The number of pyridine rings is 1. The van der Waals surface area contributed by atoms with Crippen LogP contribution in [-0.2, 0) is 11.2 Å². The van der Waals surface area contributed by atoms with Crippen LogP contribution in [0.1, 0.15) is 18.4 Å². The molecule has 2 aromatic carbocycles. The lowest BCUT2D eigenvalue weighted by Gasteiger charge is -2.18. The van der Waals surface area contributed by atoms with Crippen molar-refractivity contribution in [2.45, 2.75) is 19.3 Å². The van der Waals surface area contributed by atoms with E-state index in [0.29, 0.717) is 22.9 Å². The average molecular weight is 438 g/mol. The lowest BCUT2D eigenvalue weighted by molar-refractivity contribution is -0.118. The topological polar surface area (TPSA) is 49.0 Å². The molecule has 0 spiro atoms. The van der Waals surface area contributed by atoms with Gasteiger partial charge in [-0.3, -0.25) is 9.78 Å². The first-order valence-corrected chi connectivity index (χ1v) is 10.5. The van der Waals surface area contributed by atoms with Crippen molar-refractivity contribution in [3.63, 3.8) is 0 Å². The fourth-order valence-corrected chi connectivity index (χ4v) is 4.09. The second kappa shape index (κ2) is 8.90. The van der Waals surface area contributed by atoms with Crippen molar-refractivity contribution in [3.05, 3.63) is 82.5 Å². The SMILES string of the molecule is CN(C(=O)CCCc1c(-c2ccccn2)[nH]c2ccc(Cl)cc12)c1ccccc1Cl. The zero-order valence-corrected chi connectivity index (χ0v) is 18.0. The number of hydrogen-bond acceptors (Lipinski definition) is 2. The Morgan fingerprint density at radius 3 is 2.63 bits per heavy atom. The number of carbonyl (C=O) groups is 1. The summed E-state index contributed by atoms with van der Waals surface area (Å²) in [5, 5.41) is 2.32. The molecule has 6 heteroatoms. The Morgan fingerprint density at radius 2 is 1.87 bits per heavy atom. The van der Waals surface area contributed by atoms with Gasteiger partial charge in [0.1, 0.15) is 0 Å². The molecule has 0 fully saturated rings. The minimum Gasteiger partial charge on any atom is -0.353 e. The maximum absolute atomic E-state index is 12.7. The number of rotatable bonds is 6. The molecule has 2 aromatic heterocycles. The van der Waals surface area contributed by atoms with Crippen molar-refractivity contribution in [1.29, 1.82) is 0 Å². The van der Waals surface area contributed by atoms with Gasteiger partial charge in [0.25, 0.3) is 0 Å². The molecule has 0 aliphatic rings. The Balaban J connectivity index is 1.56. The van der Waals surface area contributed by atoms with Crippen LogP contribution < -0.4 is 4.90 Å². The van der Waals surface area contributed by atoms with E-state index in [1.807, 2.05) is 54.6 Å². The van der Waals surface area contributed by atoms with Gasteiger partial charge < -0.3 is 9.88 Å². The van der Waals surface area contributed by atoms with E-state index in [9.17, 15) is 4.79 Å². The Morgan fingerprint density at radius 1 is 1.07 bits per heavy atom. The first kappa shape index (κ1) is 20.5. The molecule has 0 radical (unpaired) electrons. The number of fused-ring (bicyclic) bond motifs is 1. The van der Waals surface area contributed by atoms with Gasteiger partial charge in [0, 0.05) is 35.6 Å². The van der Waals surface area contributed by atoms with Crippen molar-refractivity contribution < 1.29 is 4.79 Å². The second-order valence-electron chi connectivity index (χ2n) is 7.14. The number of aromatic nitrogens is 2. The lowest BCUT2D eigenvalue weighted by atomic mass is 10.0. The number of benzene rings is 2. The van der Waals surface area contributed by atoms with Crippen LogP contribution in [0.5, 0.6) is 0 Å². The predicted molar refractivity (Wildman–Crippen MR) is 124 cm³/mol. The molecule has 0 saturated heterocycles. The summed E-state index contributed by atoms with van der Waals surface area (Å²) in [4.78, 5) is 22.3. The van der Waals surface area contributed by atoms with E-state index < -0.39 is 0 Å². The summed E-state index contributed by atoms with van der Waals surface area (Å²) in [5.74, 6) is 0.0281. The van der Waals surface area contributed by atoms with Crippen LogP contribution in [0.15, 0.2) is 66.9 Å². The van der Waals surface area contributed by atoms with Gasteiger partial charge in [-0.05, 0) is 60.9 Å². The van der Waals surface area contributed by atoms with Crippen molar-refractivity contribution >= 4 is 45.7 Å². The highest BCUT2D eigenvalue weighted by Gasteiger charge is 2.17. The number of nitrogens with one attached hydrogen (secondary N) is 1. The third kappa shape index (κ3) is 4.20. The fourth-order valence-electron chi connectivity index (χ4n) is 3.65. The van der Waals surface area contributed by atoms with Crippen molar-refractivity contribution in [3.8, 4) is 11.4 Å². The van der Waals surface area contributed by atoms with Gasteiger partial charge in [-0.25, -0.2) is 0 Å². The van der Waals surface area contributed by atoms with E-state index in [-0.39, 0.29) is 5.91 Å². The van der Waals surface area contributed by atoms with E-state index in [2.05, 4.69) is 9.97 Å². The molecule has 4 nitrogen and oxygen atoms in total. The van der Waals surface area contributed by atoms with E-state index in [1.54, 1.807) is 24.2 Å². The molecular weight excluding hydrogens is 417 g/mol. The van der Waals surface area contributed by atoms with Crippen LogP contribution in [0.25, 0.3) is 22.3 Å². The predicted octanol–water partition coefficient (Wildman–Crippen LogP) is 6.52.